The summed E-state index contributed by atoms with van der Waals surface area (Å²) in [5.41, 5.74) is 6.39. The number of nitrogens with two attached hydrogens (primary N) is 1. The predicted molar refractivity (Wildman–Crippen MR) is 77.4 cm³/mol. The summed E-state index contributed by atoms with van der Waals surface area (Å²) in [5, 5.41) is 0. The first-order valence-corrected chi connectivity index (χ1v) is 6.87. The van der Waals surface area contributed by atoms with Crippen molar-refractivity contribution in [1.29, 1.82) is 0 Å². The minimum atomic E-state index is -0.790. The third-order valence-corrected chi connectivity index (χ3v) is 3.22. The fraction of sp³-hybridized carbons (Fsp3) is 0.600. The molecule has 1 rings (SSSR count). The Bertz CT molecular complexity index is 401. The van der Waals surface area contributed by atoms with Crippen molar-refractivity contribution in [2.75, 3.05) is 0 Å². The first kappa shape index (κ1) is 15.6. The van der Waals surface area contributed by atoms with E-state index in [9.17, 15) is 4.79 Å². The second-order valence-corrected chi connectivity index (χ2v) is 5.56. The van der Waals surface area contributed by atoms with Crippen LogP contribution in [0, 0.1) is 0 Å². The third-order valence-electron chi connectivity index (χ3n) is 3.22. The summed E-state index contributed by atoms with van der Waals surface area (Å²) in [6.45, 7) is 8.43. The van der Waals surface area contributed by atoms with Crippen molar-refractivity contribution in [3.8, 4) is 0 Å². The summed E-state index contributed by atoms with van der Waals surface area (Å²) in [7, 11) is 0. The summed E-state index contributed by atoms with van der Waals surface area (Å²) >= 11 is 0. The number of amides is 1. The van der Waals surface area contributed by atoms with E-state index < -0.39 is 5.54 Å². The van der Waals surface area contributed by atoms with Gasteiger partial charge in [0, 0.05) is 25.0 Å². The van der Waals surface area contributed by atoms with Gasteiger partial charge in [0.05, 0.1) is 5.54 Å². The molecule has 0 aliphatic heterocycles. The lowest BCUT2D eigenvalue weighted by molar-refractivity contribution is -0.139. The van der Waals surface area contributed by atoms with Crippen molar-refractivity contribution in [1.82, 2.24) is 9.88 Å². The molecule has 0 saturated heterocycles. The first-order valence-electron chi connectivity index (χ1n) is 6.87. The summed E-state index contributed by atoms with van der Waals surface area (Å²) in [6.07, 6.45) is 5.12. The van der Waals surface area contributed by atoms with Crippen molar-refractivity contribution < 1.29 is 4.79 Å². The van der Waals surface area contributed by atoms with Gasteiger partial charge in [-0.3, -0.25) is 9.78 Å². The fourth-order valence-corrected chi connectivity index (χ4v) is 2.13. The molecule has 0 aliphatic rings. The van der Waals surface area contributed by atoms with Crippen LogP contribution in [0.5, 0.6) is 0 Å². The van der Waals surface area contributed by atoms with Gasteiger partial charge >= 0.3 is 0 Å². The van der Waals surface area contributed by atoms with Gasteiger partial charge in [0.15, 0.2) is 0 Å². The number of nitrogens with zero attached hydrogens (tertiary/aromatic N) is 2. The van der Waals surface area contributed by atoms with Crippen LogP contribution in [0.1, 0.15) is 46.1 Å². The van der Waals surface area contributed by atoms with Crippen LogP contribution >= 0.6 is 0 Å². The van der Waals surface area contributed by atoms with Crippen molar-refractivity contribution in [2.45, 2.75) is 58.7 Å². The van der Waals surface area contributed by atoms with Crippen LogP contribution < -0.4 is 5.73 Å². The average molecular weight is 263 g/mol. The van der Waals surface area contributed by atoms with Gasteiger partial charge in [-0.1, -0.05) is 19.4 Å². The molecule has 1 atom stereocenters. The lowest BCUT2D eigenvalue weighted by atomic mass is 9.95. The van der Waals surface area contributed by atoms with Crippen LogP contribution in [0.15, 0.2) is 24.5 Å². The van der Waals surface area contributed by atoms with Gasteiger partial charge in [-0.05, 0) is 38.8 Å². The SMILES string of the molecule is CCCC(C)(N)C(=O)N(Cc1cccnc1)C(C)C. The monoisotopic (exact) mass is 263 g/mol. The Morgan fingerprint density at radius 2 is 2.21 bits per heavy atom. The number of carbonyl (C=O) groups excluding carboxylic acids is 1. The van der Waals surface area contributed by atoms with Crippen LogP contribution in [0.25, 0.3) is 0 Å². The molecule has 0 aliphatic carbocycles. The Labute approximate surface area is 116 Å². The molecule has 4 heteroatoms. The van der Waals surface area contributed by atoms with Gasteiger partial charge < -0.3 is 10.6 Å². The highest BCUT2D eigenvalue weighted by Gasteiger charge is 2.32. The molecule has 0 fully saturated rings. The zero-order valence-electron chi connectivity index (χ0n) is 12.4. The molecular weight excluding hydrogens is 238 g/mol. The second kappa shape index (κ2) is 6.66. The molecule has 0 saturated carbocycles. The molecule has 2 N–H and O–H groups in total. The molecule has 0 spiro atoms. The summed E-state index contributed by atoms with van der Waals surface area (Å²) < 4.78 is 0. The maximum Gasteiger partial charge on any atom is 0.242 e. The summed E-state index contributed by atoms with van der Waals surface area (Å²) in [4.78, 5) is 18.5. The van der Waals surface area contributed by atoms with Gasteiger partial charge in [0.2, 0.25) is 5.91 Å². The zero-order valence-corrected chi connectivity index (χ0v) is 12.4. The maximum absolute atomic E-state index is 12.6. The Kier molecular flexibility index (Phi) is 5.48. The molecule has 0 bridgehead atoms. The Morgan fingerprint density at radius 1 is 1.53 bits per heavy atom. The van der Waals surface area contributed by atoms with E-state index in [-0.39, 0.29) is 11.9 Å². The minimum Gasteiger partial charge on any atom is -0.334 e. The van der Waals surface area contributed by atoms with Crippen LogP contribution in [-0.2, 0) is 11.3 Å². The highest BCUT2D eigenvalue weighted by Crippen LogP contribution is 2.17. The van der Waals surface area contributed by atoms with E-state index in [1.54, 1.807) is 12.4 Å². The van der Waals surface area contributed by atoms with Gasteiger partial charge in [-0.15, -0.1) is 0 Å². The van der Waals surface area contributed by atoms with E-state index in [4.69, 9.17) is 5.73 Å². The lowest BCUT2D eigenvalue weighted by Gasteiger charge is -2.34. The van der Waals surface area contributed by atoms with Crippen LogP contribution in [0.4, 0.5) is 0 Å². The normalized spacial score (nSPS) is 14.2. The molecule has 106 valence electrons. The third kappa shape index (κ3) is 4.31. The first-order chi connectivity index (χ1) is 8.88. The van der Waals surface area contributed by atoms with Crippen molar-refractivity contribution >= 4 is 5.91 Å². The lowest BCUT2D eigenvalue weighted by Crippen LogP contribution is -2.54. The number of aromatic nitrogens is 1. The molecule has 1 aromatic rings. The van der Waals surface area contributed by atoms with E-state index >= 15 is 0 Å². The van der Waals surface area contributed by atoms with Gasteiger partial charge in [-0.2, -0.15) is 0 Å². The zero-order chi connectivity index (χ0) is 14.5. The number of hydrogen-bond acceptors (Lipinski definition) is 3. The molecular formula is C15H25N3O. The molecule has 0 radical (unpaired) electrons. The Morgan fingerprint density at radius 3 is 2.68 bits per heavy atom. The Balaban J connectivity index is 2.86. The average Bonchev–Trinajstić information content (AvgIpc) is 2.36. The maximum atomic E-state index is 12.6. The molecule has 4 nitrogen and oxygen atoms in total. The fourth-order valence-electron chi connectivity index (χ4n) is 2.13. The van der Waals surface area contributed by atoms with E-state index in [2.05, 4.69) is 4.98 Å². The standard InChI is InChI=1S/C15H25N3O/c1-5-8-15(4,16)14(19)18(12(2)3)11-13-7-6-9-17-10-13/h6-7,9-10,12H,5,8,11,16H2,1-4H3. The number of carbonyl (C=O) groups is 1. The van der Waals surface area contributed by atoms with Gasteiger partial charge in [-0.25, -0.2) is 0 Å². The highest BCUT2D eigenvalue weighted by atomic mass is 16.2. The van der Waals surface area contributed by atoms with Crippen LogP contribution in [0.3, 0.4) is 0 Å². The quantitative estimate of drug-likeness (QED) is 0.857. The molecule has 1 amide bonds. The molecule has 19 heavy (non-hydrogen) atoms. The highest BCUT2D eigenvalue weighted by molar-refractivity contribution is 5.85. The van der Waals surface area contributed by atoms with E-state index in [0.29, 0.717) is 13.0 Å². The molecule has 1 unspecified atom stereocenters. The largest absolute Gasteiger partial charge is 0.334 e. The molecule has 1 aromatic heterocycles. The second-order valence-electron chi connectivity index (χ2n) is 5.56. The minimum absolute atomic E-state index is 0.00760. The van der Waals surface area contributed by atoms with Gasteiger partial charge in [0.25, 0.3) is 0 Å². The topological polar surface area (TPSA) is 59.2 Å². The number of hydrogen-bond donors (Lipinski definition) is 1. The Hall–Kier alpha value is -1.42. The molecule has 1 heterocycles. The smallest absolute Gasteiger partial charge is 0.242 e. The summed E-state index contributed by atoms with van der Waals surface area (Å²) in [6, 6.07) is 3.97. The summed E-state index contributed by atoms with van der Waals surface area (Å²) in [5.74, 6) is 0.00760. The number of rotatable bonds is 6. The van der Waals surface area contributed by atoms with Crippen molar-refractivity contribution in [3.63, 3.8) is 0 Å². The van der Waals surface area contributed by atoms with Gasteiger partial charge in [0.1, 0.15) is 0 Å². The van der Waals surface area contributed by atoms with E-state index in [0.717, 1.165) is 12.0 Å². The van der Waals surface area contributed by atoms with Crippen molar-refractivity contribution in [2.24, 2.45) is 5.73 Å². The van der Waals surface area contributed by atoms with Crippen LogP contribution in [-0.4, -0.2) is 27.4 Å². The van der Waals surface area contributed by atoms with Crippen molar-refractivity contribution in [3.05, 3.63) is 30.1 Å². The number of pyridine rings is 1. The predicted octanol–water partition coefficient (Wildman–Crippen LogP) is 2.34. The molecule has 0 aromatic carbocycles. The van der Waals surface area contributed by atoms with Crippen LogP contribution in [0.2, 0.25) is 0 Å². The van der Waals surface area contributed by atoms with E-state index in [1.165, 1.54) is 0 Å². The van der Waals surface area contributed by atoms with E-state index in [1.807, 2.05) is 44.7 Å².